The number of halogens is 1. The number of hydrogen-bond acceptors (Lipinski definition) is 3. The fourth-order valence-electron chi connectivity index (χ4n) is 2.04. The molecule has 2 nitrogen and oxygen atoms in total. The quantitative estimate of drug-likeness (QED) is 0.824. The Labute approximate surface area is 129 Å². The molecule has 0 spiro atoms. The summed E-state index contributed by atoms with van der Waals surface area (Å²) in [6.07, 6.45) is 0. The van der Waals surface area contributed by atoms with Gasteiger partial charge < -0.3 is 10.5 Å². The van der Waals surface area contributed by atoms with Gasteiger partial charge in [-0.3, -0.25) is 0 Å². The van der Waals surface area contributed by atoms with Crippen molar-refractivity contribution in [2.45, 2.75) is 23.1 Å². The number of ether oxygens (including phenoxy) is 1. The number of rotatable bonds is 5. The number of methoxy groups -OCH3 is 1. The third-order valence-corrected chi connectivity index (χ3v) is 4.68. The Morgan fingerprint density at radius 3 is 2.55 bits per heavy atom. The summed E-state index contributed by atoms with van der Waals surface area (Å²) in [4.78, 5) is 1.10. The number of benzene rings is 2. The molecular formula is C16H18ClNOS. The molecule has 0 aliphatic rings. The van der Waals surface area contributed by atoms with Crippen LogP contribution in [0.15, 0.2) is 53.4 Å². The van der Waals surface area contributed by atoms with Crippen molar-refractivity contribution < 1.29 is 4.74 Å². The monoisotopic (exact) mass is 307 g/mol. The summed E-state index contributed by atoms with van der Waals surface area (Å²) in [5.74, 6) is 0.865. The van der Waals surface area contributed by atoms with Crippen LogP contribution in [-0.4, -0.2) is 13.2 Å². The van der Waals surface area contributed by atoms with Gasteiger partial charge in [-0.1, -0.05) is 35.9 Å². The molecule has 0 aliphatic heterocycles. The van der Waals surface area contributed by atoms with Gasteiger partial charge in [0, 0.05) is 21.5 Å². The fourth-order valence-corrected chi connectivity index (χ4v) is 3.48. The van der Waals surface area contributed by atoms with Gasteiger partial charge in [0.25, 0.3) is 0 Å². The summed E-state index contributed by atoms with van der Waals surface area (Å²) >= 11 is 7.75. The standard InChI is InChI=1S/C16H18ClNOS/c1-11(18)16(14-8-3-4-9-15(14)19-2)20-13-7-5-6-12(17)10-13/h3-11,16H,18H2,1-2H3. The van der Waals surface area contributed by atoms with Crippen molar-refractivity contribution in [2.24, 2.45) is 5.73 Å². The van der Waals surface area contributed by atoms with Gasteiger partial charge in [-0.15, -0.1) is 11.8 Å². The molecule has 2 aromatic rings. The molecule has 4 heteroatoms. The van der Waals surface area contributed by atoms with Crippen LogP contribution < -0.4 is 10.5 Å². The predicted octanol–water partition coefficient (Wildman–Crippen LogP) is 4.53. The van der Waals surface area contributed by atoms with Crippen LogP contribution >= 0.6 is 23.4 Å². The average molecular weight is 308 g/mol. The van der Waals surface area contributed by atoms with Gasteiger partial charge in [0.2, 0.25) is 0 Å². The zero-order chi connectivity index (χ0) is 14.5. The lowest BCUT2D eigenvalue weighted by molar-refractivity contribution is 0.408. The largest absolute Gasteiger partial charge is 0.496 e. The topological polar surface area (TPSA) is 35.2 Å². The molecule has 0 aliphatic carbocycles. The molecule has 2 atom stereocenters. The van der Waals surface area contributed by atoms with Crippen LogP contribution in [0.25, 0.3) is 0 Å². The zero-order valence-corrected chi connectivity index (χ0v) is 13.1. The molecule has 0 saturated heterocycles. The Bertz CT molecular complexity index is 574. The minimum Gasteiger partial charge on any atom is -0.496 e. The third kappa shape index (κ3) is 3.69. The maximum absolute atomic E-state index is 6.17. The van der Waals surface area contributed by atoms with Crippen molar-refractivity contribution in [1.82, 2.24) is 0 Å². The normalized spacial score (nSPS) is 13.8. The first-order valence-corrected chi connectivity index (χ1v) is 7.68. The van der Waals surface area contributed by atoms with Crippen molar-refractivity contribution >= 4 is 23.4 Å². The Balaban J connectivity index is 2.32. The molecular weight excluding hydrogens is 290 g/mol. The summed E-state index contributed by atoms with van der Waals surface area (Å²) in [5, 5.41) is 0.850. The summed E-state index contributed by atoms with van der Waals surface area (Å²) in [6.45, 7) is 2.01. The van der Waals surface area contributed by atoms with E-state index in [1.165, 1.54) is 0 Å². The lowest BCUT2D eigenvalue weighted by Gasteiger charge is -2.23. The van der Waals surface area contributed by atoms with Gasteiger partial charge in [0.15, 0.2) is 0 Å². The van der Waals surface area contributed by atoms with Gasteiger partial charge in [-0.2, -0.15) is 0 Å². The van der Waals surface area contributed by atoms with Crippen molar-refractivity contribution in [1.29, 1.82) is 0 Å². The molecule has 0 aromatic heterocycles. The fraction of sp³-hybridized carbons (Fsp3) is 0.250. The van der Waals surface area contributed by atoms with Crippen molar-refractivity contribution in [3.63, 3.8) is 0 Å². The smallest absolute Gasteiger partial charge is 0.123 e. The van der Waals surface area contributed by atoms with Crippen LogP contribution in [0.5, 0.6) is 5.75 Å². The maximum atomic E-state index is 6.17. The summed E-state index contributed by atoms with van der Waals surface area (Å²) in [7, 11) is 1.68. The van der Waals surface area contributed by atoms with E-state index in [1.54, 1.807) is 18.9 Å². The number of thioether (sulfide) groups is 1. The number of para-hydroxylation sites is 1. The van der Waals surface area contributed by atoms with Crippen LogP contribution in [0, 0.1) is 0 Å². The Morgan fingerprint density at radius 2 is 1.90 bits per heavy atom. The number of hydrogen-bond donors (Lipinski definition) is 1. The van der Waals surface area contributed by atoms with Gasteiger partial charge in [0.05, 0.1) is 12.4 Å². The maximum Gasteiger partial charge on any atom is 0.123 e. The first kappa shape index (κ1) is 15.2. The van der Waals surface area contributed by atoms with Crippen molar-refractivity contribution in [3.8, 4) is 5.75 Å². The average Bonchev–Trinajstić information content (AvgIpc) is 2.44. The summed E-state index contributed by atoms with van der Waals surface area (Å²) in [6, 6.07) is 15.8. The van der Waals surface area contributed by atoms with Gasteiger partial charge in [-0.05, 0) is 31.2 Å². The molecule has 0 amide bonds. The Hall–Kier alpha value is -1.16. The molecule has 2 unspecified atom stereocenters. The first-order chi connectivity index (χ1) is 9.61. The molecule has 2 aromatic carbocycles. The van der Waals surface area contributed by atoms with E-state index in [0.29, 0.717) is 0 Å². The highest BCUT2D eigenvalue weighted by molar-refractivity contribution is 7.99. The van der Waals surface area contributed by atoms with E-state index >= 15 is 0 Å². The van der Waals surface area contributed by atoms with Crippen molar-refractivity contribution in [3.05, 3.63) is 59.1 Å². The first-order valence-electron chi connectivity index (χ1n) is 6.42. The van der Waals surface area contributed by atoms with E-state index in [-0.39, 0.29) is 11.3 Å². The molecule has 0 radical (unpaired) electrons. The molecule has 0 heterocycles. The van der Waals surface area contributed by atoms with Crippen molar-refractivity contribution in [2.75, 3.05) is 7.11 Å². The minimum atomic E-state index is -0.00437. The highest BCUT2D eigenvalue weighted by Crippen LogP contribution is 2.41. The van der Waals surface area contributed by atoms with Gasteiger partial charge >= 0.3 is 0 Å². The SMILES string of the molecule is COc1ccccc1C(Sc1cccc(Cl)c1)C(C)N. The summed E-state index contributed by atoms with van der Waals surface area (Å²) < 4.78 is 5.44. The molecule has 0 bridgehead atoms. The second-order valence-electron chi connectivity index (χ2n) is 4.60. The molecule has 2 rings (SSSR count). The molecule has 2 N–H and O–H groups in total. The molecule has 106 valence electrons. The minimum absolute atomic E-state index is 0.00437. The second kappa shape index (κ2) is 7.02. The lowest BCUT2D eigenvalue weighted by atomic mass is 10.1. The third-order valence-electron chi connectivity index (χ3n) is 2.98. The zero-order valence-electron chi connectivity index (χ0n) is 11.5. The van der Waals surface area contributed by atoms with Crippen LogP contribution in [0.3, 0.4) is 0 Å². The number of nitrogens with two attached hydrogens (primary N) is 1. The van der Waals surface area contributed by atoms with E-state index < -0.39 is 0 Å². The highest BCUT2D eigenvalue weighted by Gasteiger charge is 2.21. The van der Waals surface area contributed by atoms with Crippen LogP contribution in [0.1, 0.15) is 17.7 Å². The molecule has 0 fully saturated rings. The van der Waals surface area contributed by atoms with Crippen LogP contribution in [0.2, 0.25) is 5.02 Å². The molecule has 0 saturated carbocycles. The van der Waals surface area contributed by atoms with E-state index in [4.69, 9.17) is 22.1 Å². The predicted molar refractivity (Wildman–Crippen MR) is 86.7 cm³/mol. The highest BCUT2D eigenvalue weighted by atomic mass is 35.5. The van der Waals surface area contributed by atoms with E-state index in [1.807, 2.05) is 49.4 Å². The lowest BCUT2D eigenvalue weighted by Crippen LogP contribution is -2.23. The van der Waals surface area contributed by atoms with Gasteiger partial charge in [-0.25, -0.2) is 0 Å². The van der Waals surface area contributed by atoms with E-state index in [0.717, 1.165) is 21.2 Å². The molecule has 20 heavy (non-hydrogen) atoms. The Kier molecular flexibility index (Phi) is 5.35. The van der Waals surface area contributed by atoms with Gasteiger partial charge in [0.1, 0.15) is 5.75 Å². The Morgan fingerprint density at radius 1 is 1.15 bits per heavy atom. The summed E-state index contributed by atoms with van der Waals surface area (Å²) in [5.41, 5.74) is 7.28. The second-order valence-corrected chi connectivity index (χ2v) is 6.25. The van der Waals surface area contributed by atoms with Crippen LogP contribution in [-0.2, 0) is 0 Å². The van der Waals surface area contributed by atoms with E-state index in [9.17, 15) is 0 Å². The van der Waals surface area contributed by atoms with E-state index in [2.05, 4.69) is 6.07 Å². The van der Waals surface area contributed by atoms with Crippen LogP contribution in [0.4, 0.5) is 0 Å².